The fraction of sp³-hybridized carbons (Fsp3) is 0.812. The average molecular weight is 279 g/mol. The summed E-state index contributed by atoms with van der Waals surface area (Å²) in [6, 6.07) is 0.00543. The molecule has 114 valence electrons. The quantitative estimate of drug-likeness (QED) is 0.778. The molecule has 1 atom stereocenters. The Balaban J connectivity index is 1.92. The van der Waals surface area contributed by atoms with Crippen molar-refractivity contribution in [1.82, 2.24) is 15.1 Å². The molecule has 2 heterocycles. The van der Waals surface area contributed by atoms with E-state index in [2.05, 4.69) is 44.0 Å². The van der Waals surface area contributed by atoms with E-state index in [1.54, 1.807) is 0 Å². The maximum Gasteiger partial charge on any atom is 0.239 e. The molecule has 1 saturated heterocycles. The molecule has 1 N–H and O–H groups in total. The highest BCUT2D eigenvalue weighted by Gasteiger charge is 2.29. The van der Waals surface area contributed by atoms with E-state index in [0.29, 0.717) is 5.91 Å². The summed E-state index contributed by atoms with van der Waals surface area (Å²) < 4.78 is 0. The lowest BCUT2D eigenvalue weighted by Gasteiger charge is -2.37. The summed E-state index contributed by atoms with van der Waals surface area (Å²) in [5.41, 5.74) is 1.79. The molecule has 1 amide bonds. The van der Waals surface area contributed by atoms with Crippen molar-refractivity contribution >= 4 is 5.91 Å². The summed E-state index contributed by atoms with van der Waals surface area (Å²) in [4.78, 5) is 16.8. The van der Waals surface area contributed by atoms with E-state index in [1.807, 2.05) is 4.90 Å². The summed E-state index contributed by atoms with van der Waals surface area (Å²) >= 11 is 0. The van der Waals surface area contributed by atoms with Gasteiger partial charge in [0, 0.05) is 39.3 Å². The number of nitrogens with zero attached hydrogens (tertiary/aromatic N) is 2. The third-order valence-corrected chi connectivity index (χ3v) is 4.54. The molecule has 4 nitrogen and oxygen atoms in total. The highest BCUT2D eigenvalue weighted by Crippen LogP contribution is 2.30. The smallest absolute Gasteiger partial charge is 0.239 e. The first-order chi connectivity index (χ1) is 9.39. The van der Waals surface area contributed by atoms with Gasteiger partial charge in [0.2, 0.25) is 5.91 Å². The van der Waals surface area contributed by atoms with Gasteiger partial charge < -0.3 is 10.2 Å². The molecule has 20 heavy (non-hydrogen) atoms. The van der Waals surface area contributed by atoms with Gasteiger partial charge in [-0.15, -0.1) is 0 Å². The molecule has 2 aliphatic rings. The third kappa shape index (κ3) is 3.61. The molecule has 1 fully saturated rings. The van der Waals surface area contributed by atoms with Crippen LogP contribution >= 0.6 is 0 Å². The number of piperazine rings is 1. The zero-order valence-corrected chi connectivity index (χ0v) is 13.4. The third-order valence-electron chi connectivity index (χ3n) is 4.54. The van der Waals surface area contributed by atoms with Crippen molar-refractivity contribution < 1.29 is 4.79 Å². The molecule has 0 aromatic carbocycles. The van der Waals surface area contributed by atoms with Gasteiger partial charge in [0.15, 0.2) is 0 Å². The second kappa shape index (κ2) is 6.27. The van der Waals surface area contributed by atoms with Crippen molar-refractivity contribution in [3.63, 3.8) is 0 Å². The van der Waals surface area contributed by atoms with Gasteiger partial charge in [0.05, 0.1) is 6.04 Å². The van der Waals surface area contributed by atoms with Crippen LogP contribution in [0.25, 0.3) is 0 Å². The van der Waals surface area contributed by atoms with Crippen LogP contribution in [0.1, 0.15) is 34.1 Å². The molecule has 2 rings (SSSR count). The van der Waals surface area contributed by atoms with Crippen molar-refractivity contribution in [2.24, 2.45) is 5.41 Å². The minimum absolute atomic E-state index is 0.00543. The second-order valence-electron chi connectivity index (χ2n) is 6.98. The first-order valence-corrected chi connectivity index (χ1v) is 7.82. The van der Waals surface area contributed by atoms with Gasteiger partial charge >= 0.3 is 0 Å². The van der Waals surface area contributed by atoms with Crippen LogP contribution in [0.15, 0.2) is 11.6 Å². The Kier molecular flexibility index (Phi) is 4.86. The molecule has 2 aliphatic heterocycles. The van der Waals surface area contributed by atoms with Crippen molar-refractivity contribution in [3.8, 4) is 0 Å². The summed E-state index contributed by atoms with van der Waals surface area (Å²) in [6.07, 6.45) is 3.41. The topological polar surface area (TPSA) is 35.6 Å². The minimum Gasteiger partial charge on any atom is -0.339 e. The molecule has 1 unspecified atom stereocenters. The van der Waals surface area contributed by atoms with Crippen molar-refractivity contribution in [1.29, 1.82) is 0 Å². The maximum atomic E-state index is 12.5. The van der Waals surface area contributed by atoms with Crippen LogP contribution in [0, 0.1) is 5.41 Å². The van der Waals surface area contributed by atoms with E-state index < -0.39 is 0 Å². The van der Waals surface area contributed by atoms with Gasteiger partial charge in [-0.05, 0) is 18.8 Å². The van der Waals surface area contributed by atoms with Crippen LogP contribution in [-0.2, 0) is 4.79 Å². The fourth-order valence-electron chi connectivity index (χ4n) is 3.02. The van der Waals surface area contributed by atoms with E-state index in [9.17, 15) is 4.79 Å². The Labute approximate surface area is 123 Å². The summed E-state index contributed by atoms with van der Waals surface area (Å²) in [7, 11) is 0. The van der Waals surface area contributed by atoms with Gasteiger partial charge in [-0.3, -0.25) is 9.69 Å². The van der Waals surface area contributed by atoms with Crippen LogP contribution in [0.4, 0.5) is 0 Å². The second-order valence-corrected chi connectivity index (χ2v) is 6.98. The highest BCUT2D eigenvalue weighted by atomic mass is 16.2. The molecule has 0 aliphatic carbocycles. The molecule has 0 saturated carbocycles. The van der Waals surface area contributed by atoms with Crippen molar-refractivity contribution in [3.05, 3.63) is 11.6 Å². The monoisotopic (exact) mass is 279 g/mol. The van der Waals surface area contributed by atoms with Gasteiger partial charge in [-0.2, -0.15) is 0 Å². The fourth-order valence-corrected chi connectivity index (χ4v) is 3.02. The molecule has 4 heteroatoms. The largest absolute Gasteiger partial charge is 0.339 e. The first-order valence-electron chi connectivity index (χ1n) is 7.82. The van der Waals surface area contributed by atoms with Gasteiger partial charge in [-0.25, -0.2) is 0 Å². The Bertz CT molecular complexity index is 378. The number of rotatable bonds is 2. The molecule has 0 aromatic rings. The summed E-state index contributed by atoms with van der Waals surface area (Å²) in [5.74, 6) is 0.291. The molecule has 0 spiro atoms. The van der Waals surface area contributed by atoms with E-state index >= 15 is 0 Å². The van der Waals surface area contributed by atoms with Crippen LogP contribution in [0.2, 0.25) is 0 Å². The van der Waals surface area contributed by atoms with Crippen LogP contribution in [0.3, 0.4) is 0 Å². The molecule has 0 radical (unpaired) electrons. The van der Waals surface area contributed by atoms with E-state index in [0.717, 1.165) is 45.7 Å². The highest BCUT2D eigenvalue weighted by molar-refractivity contribution is 5.81. The number of carbonyl (C=O) groups excluding carboxylic acids is 1. The lowest BCUT2D eigenvalue weighted by Crippen LogP contribution is -2.53. The lowest BCUT2D eigenvalue weighted by atomic mass is 9.83. The summed E-state index contributed by atoms with van der Waals surface area (Å²) in [5, 5.41) is 3.29. The minimum atomic E-state index is 0.00543. The average Bonchev–Trinajstić information content (AvgIpc) is 2.46. The van der Waals surface area contributed by atoms with Gasteiger partial charge in [0.25, 0.3) is 0 Å². The van der Waals surface area contributed by atoms with E-state index in [1.165, 1.54) is 5.57 Å². The van der Waals surface area contributed by atoms with Crippen LogP contribution in [0.5, 0.6) is 0 Å². The van der Waals surface area contributed by atoms with Gasteiger partial charge in [-0.1, -0.05) is 32.4 Å². The Morgan fingerprint density at radius 3 is 2.40 bits per heavy atom. The predicted molar refractivity (Wildman–Crippen MR) is 82.6 cm³/mol. The van der Waals surface area contributed by atoms with Gasteiger partial charge in [0.1, 0.15) is 0 Å². The van der Waals surface area contributed by atoms with Crippen LogP contribution in [-0.4, -0.2) is 61.0 Å². The number of hydrogen-bond donors (Lipinski definition) is 1. The Hall–Kier alpha value is -0.870. The molecule has 0 aromatic heterocycles. The van der Waals surface area contributed by atoms with Crippen molar-refractivity contribution in [2.45, 2.75) is 40.2 Å². The first kappa shape index (κ1) is 15.5. The maximum absolute atomic E-state index is 12.5. The number of hydrogen-bond acceptors (Lipinski definition) is 3. The number of carbonyl (C=O) groups is 1. The molecule has 0 bridgehead atoms. The molecular weight excluding hydrogens is 250 g/mol. The standard InChI is InChI=1S/C16H29N3O/c1-13(15(20)19-11-7-17-8-12-19)18-9-5-14(6-10-18)16(2,3)4/h5,13,17H,6-12H2,1-4H3. The van der Waals surface area contributed by atoms with E-state index in [-0.39, 0.29) is 11.5 Å². The summed E-state index contributed by atoms with van der Waals surface area (Å²) in [6.45, 7) is 14.3. The number of nitrogens with one attached hydrogen (secondary N) is 1. The Morgan fingerprint density at radius 1 is 1.25 bits per heavy atom. The van der Waals surface area contributed by atoms with E-state index in [4.69, 9.17) is 0 Å². The predicted octanol–water partition coefficient (Wildman–Crippen LogP) is 1.48. The zero-order valence-electron chi connectivity index (χ0n) is 13.4. The normalized spacial score (nSPS) is 23.4. The van der Waals surface area contributed by atoms with Crippen LogP contribution < -0.4 is 5.32 Å². The molecular formula is C16H29N3O. The lowest BCUT2D eigenvalue weighted by molar-refractivity contribution is -0.136. The Morgan fingerprint density at radius 2 is 1.90 bits per heavy atom. The zero-order chi connectivity index (χ0) is 14.8. The van der Waals surface area contributed by atoms with Crippen molar-refractivity contribution in [2.75, 3.05) is 39.3 Å². The SMILES string of the molecule is CC(C(=O)N1CCNCC1)N1CC=C(C(C)(C)C)CC1. The number of amides is 1.